The molecule has 3 nitrogen and oxygen atoms in total. The summed E-state index contributed by atoms with van der Waals surface area (Å²) in [6.45, 7) is 8.73. The third kappa shape index (κ3) is 2.99. The van der Waals surface area contributed by atoms with Crippen LogP contribution in [0.4, 0.5) is 5.69 Å². The second-order valence-electron chi connectivity index (χ2n) is 4.96. The second-order valence-corrected chi connectivity index (χ2v) is 4.96. The molecule has 0 unspecified atom stereocenters. The monoisotopic (exact) mass is 233 g/mol. The molecule has 2 atom stereocenters. The van der Waals surface area contributed by atoms with Gasteiger partial charge in [0.1, 0.15) is 0 Å². The van der Waals surface area contributed by atoms with E-state index in [4.69, 9.17) is 5.73 Å². The molecule has 0 radical (unpaired) electrons. The zero-order chi connectivity index (χ0) is 12.3. The van der Waals surface area contributed by atoms with Gasteiger partial charge in [0.25, 0.3) is 0 Å². The molecule has 1 aliphatic heterocycles. The minimum atomic E-state index is 0.248. The number of hydrogen-bond acceptors (Lipinski definition) is 3. The van der Waals surface area contributed by atoms with Crippen LogP contribution in [0.1, 0.15) is 13.8 Å². The lowest BCUT2D eigenvalue weighted by atomic mass is 10.1. The molecule has 2 N–H and O–H groups in total. The summed E-state index contributed by atoms with van der Waals surface area (Å²) in [4.78, 5) is 4.94. The Morgan fingerprint density at radius 3 is 2.12 bits per heavy atom. The predicted molar refractivity (Wildman–Crippen MR) is 73.3 cm³/mol. The van der Waals surface area contributed by atoms with E-state index in [0.29, 0.717) is 6.04 Å². The first kappa shape index (κ1) is 12.4. The molecule has 1 aliphatic rings. The van der Waals surface area contributed by atoms with Gasteiger partial charge >= 0.3 is 0 Å². The van der Waals surface area contributed by atoms with Crippen LogP contribution in [0.25, 0.3) is 0 Å². The van der Waals surface area contributed by atoms with Gasteiger partial charge in [-0.1, -0.05) is 18.2 Å². The van der Waals surface area contributed by atoms with Crippen LogP contribution in [0, 0.1) is 0 Å². The fourth-order valence-electron chi connectivity index (χ4n) is 2.36. The van der Waals surface area contributed by atoms with Gasteiger partial charge in [0, 0.05) is 44.0 Å². The molecule has 1 fully saturated rings. The standard InChI is InChI=1S/C14H23N3/c1-12(15)13(2)16-8-10-17(11-9-16)14-6-4-3-5-7-14/h3-7,12-13H,8-11,15H2,1-2H3/t12-,13-/m1/s1. The highest BCUT2D eigenvalue weighted by Gasteiger charge is 2.22. The van der Waals surface area contributed by atoms with Gasteiger partial charge in [-0.15, -0.1) is 0 Å². The molecule has 1 aromatic carbocycles. The quantitative estimate of drug-likeness (QED) is 0.859. The maximum atomic E-state index is 5.96. The normalized spacial score (nSPS) is 21.2. The number of benzene rings is 1. The molecule has 2 rings (SSSR count). The third-order valence-electron chi connectivity index (χ3n) is 3.77. The van der Waals surface area contributed by atoms with Crippen LogP contribution in [0.2, 0.25) is 0 Å². The number of anilines is 1. The molecule has 1 saturated heterocycles. The van der Waals surface area contributed by atoms with Crippen molar-refractivity contribution in [3.05, 3.63) is 30.3 Å². The predicted octanol–water partition coefficient (Wildman–Crippen LogP) is 1.54. The lowest BCUT2D eigenvalue weighted by Gasteiger charge is -2.40. The maximum absolute atomic E-state index is 5.96. The molecule has 3 heteroatoms. The van der Waals surface area contributed by atoms with E-state index in [9.17, 15) is 0 Å². The summed E-state index contributed by atoms with van der Waals surface area (Å²) >= 11 is 0. The van der Waals surface area contributed by atoms with Gasteiger partial charge in [0.15, 0.2) is 0 Å². The highest BCUT2D eigenvalue weighted by atomic mass is 15.3. The summed E-state index contributed by atoms with van der Waals surface area (Å²) in [5.74, 6) is 0. The average Bonchev–Trinajstić information content (AvgIpc) is 2.39. The Balaban J connectivity index is 1.90. The first-order chi connectivity index (χ1) is 8.18. The summed E-state index contributed by atoms with van der Waals surface area (Å²) in [7, 11) is 0. The van der Waals surface area contributed by atoms with Crippen LogP contribution in [-0.4, -0.2) is 43.2 Å². The smallest absolute Gasteiger partial charge is 0.0367 e. The van der Waals surface area contributed by atoms with Gasteiger partial charge in [0.05, 0.1) is 0 Å². The number of para-hydroxylation sites is 1. The van der Waals surface area contributed by atoms with Crippen LogP contribution in [-0.2, 0) is 0 Å². The van der Waals surface area contributed by atoms with Crippen LogP contribution in [0.5, 0.6) is 0 Å². The van der Waals surface area contributed by atoms with Gasteiger partial charge in [0.2, 0.25) is 0 Å². The Labute approximate surface area is 104 Å². The molecule has 0 aromatic heterocycles. The van der Waals surface area contributed by atoms with E-state index >= 15 is 0 Å². The van der Waals surface area contributed by atoms with E-state index in [0.717, 1.165) is 26.2 Å². The Morgan fingerprint density at radius 1 is 1.00 bits per heavy atom. The van der Waals surface area contributed by atoms with Crippen molar-refractivity contribution in [2.75, 3.05) is 31.1 Å². The van der Waals surface area contributed by atoms with E-state index in [-0.39, 0.29) is 6.04 Å². The minimum Gasteiger partial charge on any atom is -0.369 e. The van der Waals surface area contributed by atoms with Gasteiger partial charge < -0.3 is 10.6 Å². The van der Waals surface area contributed by atoms with Crippen molar-refractivity contribution >= 4 is 5.69 Å². The number of nitrogens with zero attached hydrogens (tertiary/aromatic N) is 2. The van der Waals surface area contributed by atoms with Crippen molar-refractivity contribution < 1.29 is 0 Å². The van der Waals surface area contributed by atoms with Gasteiger partial charge in [-0.3, -0.25) is 4.90 Å². The number of rotatable bonds is 3. The van der Waals surface area contributed by atoms with Crippen molar-refractivity contribution in [2.24, 2.45) is 5.73 Å². The fraction of sp³-hybridized carbons (Fsp3) is 0.571. The number of hydrogen-bond donors (Lipinski definition) is 1. The molecule has 94 valence electrons. The second kappa shape index (κ2) is 5.52. The van der Waals surface area contributed by atoms with Crippen molar-refractivity contribution in [1.82, 2.24) is 4.90 Å². The van der Waals surface area contributed by atoms with Crippen LogP contribution < -0.4 is 10.6 Å². The van der Waals surface area contributed by atoms with Crippen molar-refractivity contribution in [3.63, 3.8) is 0 Å². The average molecular weight is 233 g/mol. The summed E-state index contributed by atoms with van der Waals surface area (Å²) in [6.07, 6.45) is 0. The van der Waals surface area contributed by atoms with Crippen molar-refractivity contribution in [2.45, 2.75) is 25.9 Å². The third-order valence-corrected chi connectivity index (χ3v) is 3.77. The largest absolute Gasteiger partial charge is 0.369 e. The Morgan fingerprint density at radius 2 is 1.59 bits per heavy atom. The van der Waals surface area contributed by atoms with Crippen LogP contribution in [0.3, 0.4) is 0 Å². The van der Waals surface area contributed by atoms with Gasteiger partial charge in [-0.25, -0.2) is 0 Å². The first-order valence-electron chi connectivity index (χ1n) is 6.48. The molecule has 0 saturated carbocycles. The van der Waals surface area contributed by atoms with Gasteiger partial charge in [-0.05, 0) is 26.0 Å². The first-order valence-corrected chi connectivity index (χ1v) is 6.48. The Kier molecular flexibility index (Phi) is 4.02. The van der Waals surface area contributed by atoms with Crippen LogP contribution >= 0.6 is 0 Å². The topological polar surface area (TPSA) is 32.5 Å². The van der Waals surface area contributed by atoms with E-state index in [1.54, 1.807) is 0 Å². The van der Waals surface area contributed by atoms with E-state index in [2.05, 4.69) is 54.0 Å². The molecular formula is C14H23N3. The minimum absolute atomic E-state index is 0.248. The van der Waals surface area contributed by atoms with Crippen LogP contribution in [0.15, 0.2) is 30.3 Å². The summed E-state index contributed by atoms with van der Waals surface area (Å²) in [6, 6.07) is 11.4. The molecule has 0 bridgehead atoms. The Bertz CT molecular complexity index is 329. The number of piperazine rings is 1. The van der Waals surface area contributed by atoms with E-state index in [1.165, 1.54) is 5.69 Å². The zero-order valence-corrected chi connectivity index (χ0v) is 10.8. The molecule has 1 heterocycles. The highest BCUT2D eigenvalue weighted by molar-refractivity contribution is 5.46. The molecule has 0 aliphatic carbocycles. The lowest BCUT2D eigenvalue weighted by Crippen LogP contribution is -2.53. The molecular weight excluding hydrogens is 210 g/mol. The molecule has 1 aromatic rings. The zero-order valence-electron chi connectivity index (χ0n) is 10.8. The van der Waals surface area contributed by atoms with Crippen molar-refractivity contribution in [1.29, 1.82) is 0 Å². The van der Waals surface area contributed by atoms with E-state index in [1.807, 2.05) is 0 Å². The van der Waals surface area contributed by atoms with Gasteiger partial charge in [-0.2, -0.15) is 0 Å². The van der Waals surface area contributed by atoms with Crippen molar-refractivity contribution in [3.8, 4) is 0 Å². The highest BCUT2D eigenvalue weighted by Crippen LogP contribution is 2.16. The molecule has 0 spiro atoms. The summed E-state index contributed by atoms with van der Waals surface area (Å²) < 4.78 is 0. The molecule has 0 amide bonds. The summed E-state index contributed by atoms with van der Waals surface area (Å²) in [5, 5.41) is 0. The fourth-order valence-corrected chi connectivity index (χ4v) is 2.36. The lowest BCUT2D eigenvalue weighted by molar-refractivity contribution is 0.178. The van der Waals surface area contributed by atoms with E-state index < -0.39 is 0 Å². The maximum Gasteiger partial charge on any atom is 0.0367 e. The number of nitrogens with two attached hydrogens (primary N) is 1. The molecule has 17 heavy (non-hydrogen) atoms. The Hall–Kier alpha value is -1.06. The SMILES string of the molecule is C[C@H]([C@@H](C)N)N1CCN(c2ccccc2)CC1. The summed E-state index contributed by atoms with van der Waals surface area (Å²) in [5.41, 5.74) is 7.29.